The molecule has 0 saturated heterocycles. The van der Waals surface area contributed by atoms with Crippen molar-refractivity contribution in [1.82, 2.24) is 20.2 Å². The summed E-state index contributed by atoms with van der Waals surface area (Å²) in [6, 6.07) is 10.7. The van der Waals surface area contributed by atoms with Gasteiger partial charge in [-0.1, -0.05) is 41.0 Å². The lowest BCUT2D eigenvalue weighted by molar-refractivity contribution is 0.126. The SMILES string of the molecule is COc1ccc(C)cc1-n1nnnc1SC[C@@H](O)COc1cc(Cl)ccc1Cl. The Morgan fingerprint density at radius 1 is 1.18 bits per heavy atom. The molecular weight excluding hydrogens is 423 g/mol. The number of hydrogen-bond acceptors (Lipinski definition) is 7. The molecule has 1 atom stereocenters. The van der Waals surface area contributed by atoms with Crippen molar-refractivity contribution in [2.45, 2.75) is 18.2 Å². The number of tetrazole rings is 1. The molecule has 0 aliphatic carbocycles. The molecule has 3 aromatic rings. The maximum Gasteiger partial charge on any atom is 0.214 e. The minimum absolute atomic E-state index is 0.0579. The van der Waals surface area contributed by atoms with Crippen LogP contribution >= 0.6 is 35.0 Å². The molecule has 0 unspecified atom stereocenters. The van der Waals surface area contributed by atoms with Crippen molar-refractivity contribution in [3.8, 4) is 17.2 Å². The maximum atomic E-state index is 10.3. The van der Waals surface area contributed by atoms with Crippen molar-refractivity contribution < 1.29 is 14.6 Å². The number of benzene rings is 2. The van der Waals surface area contributed by atoms with E-state index in [9.17, 15) is 5.11 Å². The zero-order valence-electron chi connectivity index (χ0n) is 15.2. The van der Waals surface area contributed by atoms with Crippen LogP contribution in [0.25, 0.3) is 5.69 Å². The normalized spacial score (nSPS) is 12.0. The van der Waals surface area contributed by atoms with Gasteiger partial charge in [-0.25, -0.2) is 0 Å². The Hall–Kier alpha value is -2.00. The summed E-state index contributed by atoms with van der Waals surface area (Å²) in [6.07, 6.45) is -0.760. The van der Waals surface area contributed by atoms with Crippen molar-refractivity contribution >= 4 is 35.0 Å². The molecule has 1 aromatic heterocycles. The summed E-state index contributed by atoms with van der Waals surface area (Å²) < 4.78 is 12.5. The van der Waals surface area contributed by atoms with Crippen LogP contribution in [0.5, 0.6) is 11.5 Å². The van der Waals surface area contributed by atoms with E-state index in [1.165, 1.54) is 11.8 Å². The fourth-order valence-electron chi connectivity index (χ4n) is 2.38. The Bertz CT molecular complexity index is 954. The lowest BCUT2D eigenvalue weighted by Crippen LogP contribution is -2.20. The number of halogens is 2. The van der Waals surface area contributed by atoms with Crippen molar-refractivity contribution in [3.63, 3.8) is 0 Å². The van der Waals surface area contributed by atoms with Crippen LogP contribution in [0.4, 0.5) is 0 Å². The molecule has 0 spiro atoms. The third-order valence-corrected chi connectivity index (χ3v) is 5.34. The number of aliphatic hydroxyl groups is 1. The van der Waals surface area contributed by atoms with Gasteiger partial charge < -0.3 is 14.6 Å². The van der Waals surface area contributed by atoms with E-state index in [4.69, 9.17) is 32.7 Å². The monoisotopic (exact) mass is 440 g/mol. The van der Waals surface area contributed by atoms with Crippen LogP contribution in [0.1, 0.15) is 5.56 Å². The topological polar surface area (TPSA) is 82.3 Å². The predicted molar refractivity (Wildman–Crippen MR) is 109 cm³/mol. The number of rotatable bonds is 8. The Morgan fingerprint density at radius 3 is 2.79 bits per heavy atom. The lowest BCUT2D eigenvalue weighted by atomic mass is 10.2. The van der Waals surface area contributed by atoms with Crippen molar-refractivity contribution in [3.05, 3.63) is 52.0 Å². The molecule has 0 aliphatic heterocycles. The molecule has 0 aliphatic rings. The first-order chi connectivity index (χ1) is 13.5. The number of ether oxygens (including phenoxy) is 2. The Labute approximate surface area is 176 Å². The molecule has 10 heteroatoms. The van der Waals surface area contributed by atoms with Crippen LogP contribution in [0, 0.1) is 6.92 Å². The van der Waals surface area contributed by atoms with Crippen LogP contribution in [-0.2, 0) is 0 Å². The number of nitrogens with zero attached hydrogens (tertiary/aromatic N) is 4. The minimum atomic E-state index is -0.760. The maximum absolute atomic E-state index is 10.3. The fraction of sp³-hybridized carbons (Fsp3) is 0.278. The molecule has 3 rings (SSSR count). The van der Waals surface area contributed by atoms with Crippen molar-refractivity contribution in [1.29, 1.82) is 0 Å². The highest BCUT2D eigenvalue weighted by atomic mass is 35.5. The van der Waals surface area contributed by atoms with E-state index in [-0.39, 0.29) is 6.61 Å². The second kappa shape index (κ2) is 9.47. The molecule has 148 valence electrons. The van der Waals surface area contributed by atoms with Gasteiger partial charge in [0.1, 0.15) is 23.8 Å². The number of aliphatic hydroxyl groups excluding tert-OH is 1. The van der Waals surface area contributed by atoms with Crippen molar-refractivity contribution in [2.75, 3.05) is 19.5 Å². The van der Waals surface area contributed by atoms with Crippen LogP contribution < -0.4 is 9.47 Å². The number of aromatic nitrogens is 4. The van der Waals surface area contributed by atoms with Gasteiger partial charge in [-0.2, -0.15) is 4.68 Å². The molecule has 0 saturated carbocycles. The first-order valence-corrected chi connectivity index (χ1v) is 10.0. The molecule has 1 N–H and O–H groups in total. The van der Waals surface area contributed by atoms with E-state index in [0.717, 1.165) is 11.3 Å². The Morgan fingerprint density at radius 2 is 2.00 bits per heavy atom. The van der Waals surface area contributed by atoms with Gasteiger partial charge in [0.2, 0.25) is 5.16 Å². The van der Waals surface area contributed by atoms with E-state index in [0.29, 0.717) is 32.5 Å². The summed E-state index contributed by atoms with van der Waals surface area (Å²) in [5.41, 5.74) is 1.78. The summed E-state index contributed by atoms with van der Waals surface area (Å²) >= 11 is 13.3. The van der Waals surface area contributed by atoms with Crippen LogP contribution in [-0.4, -0.2) is 50.9 Å². The molecule has 2 aromatic carbocycles. The average molecular weight is 441 g/mol. The van der Waals surface area contributed by atoms with Gasteiger partial charge in [-0.3, -0.25) is 0 Å². The second-order valence-corrected chi connectivity index (χ2v) is 7.73. The van der Waals surface area contributed by atoms with Crippen LogP contribution in [0.3, 0.4) is 0 Å². The van der Waals surface area contributed by atoms with E-state index in [1.54, 1.807) is 30.0 Å². The zero-order chi connectivity index (χ0) is 20.1. The highest BCUT2D eigenvalue weighted by Gasteiger charge is 2.16. The third kappa shape index (κ3) is 5.08. The van der Waals surface area contributed by atoms with Crippen LogP contribution in [0.2, 0.25) is 10.0 Å². The Balaban J connectivity index is 1.64. The first kappa shape index (κ1) is 20.7. The summed E-state index contributed by atoms with van der Waals surface area (Å²) in [7, 11) is 1.59. The molecule has 0 radical (unpaired) electrons. The largest absolute Gasteiger partial charge is 0.494 e. The van der Waals surface area contributed by atoms with E-state index in [1.807, 2.05) is 25.1 Å². The minimum Gasteiger partial charge on any atom is -0.494 e. The zero-order valence-corrected chi connectivity index (χ0v) is 17.5. The van der Waals surface area contributed by atoms with E-state index >= 15 is 0 Å². The Kier molecular flexibility index (Phi) is 7.01. The number of aryl methyl sites for hydroxylation is 1. The summed E-state index contributed by atoms with van der Waals surface area (Å²) in [5.74, 6) is 1.40. The standard InChI is InChI=1S/C18H18Cl2N4O3S/c1-11-3-6-16(26-2)15(7-11)24-18(21-22-23-24)28-10-13(25)9-27-17-8-12(19)4-5-14(17)20/h3-8,13,25H,9-10H2,1-2H3/t13-/m0/s1. The highest BCUT2D eigenvalue weighted by molar-refractivity contribution is 7.99. The lowest BCUT2D eigenvalue weighted by Gasteiger charge is -2.14. The van der Waals surface area contributed by atoms with Gasteiger partial charge in [0.05, 0.1) is 18.2 Å². The average Bonchev–Trinajstić information content (AvgIpc) is 3.15. The summed E-state index contributed by atoms with van der Waals surface area (Å²) in [4.78, 5) is 0. The molecular formula is C18H18Cl2N4O3S. The molecule has 1 heterocycles. The summed E-state index contributed by atoms with van der Waals surface area (Å²) in [6.45, 7) is 2.03. The number of methoxy groups -OCH3 is 1. The van der Waals surface area contributed by atoms with E-state index in [2.05, 4.69) is 15.5 Å². The first-order valence-electron chi connectivity index (χ1n) is 8.30. The molecule has 0 amide bonds. The van der Waals surface area contributed by atoms with E-state index < -0.39 is 6.10 Å². The molecule has 0 fully saturated rings. The van der Waals surface area contributed by atoms with Gasteiger partial charge >= 0.3 is 0 Å². The van der Waals surface area contributed by atoms with Gasteiger partial charge in [0, 0.05) is 16.8 Å². The smallest absolute Gasteiger partial charge is 0.214 e. The van der Waals surface area contributed by atoms with Gasteiger partial charge in [0.25, 0.3) is 0 Å². The predicted octanol–water partition coefficient (Wildman–Crippen LogP) is 3.82. The quantitative estimate of drug-likeness (QED) is 0.533. The van der Waals surface area contributed by atoms with Gasteiger partial charge in [-0.15, -0.1) is 5.10 Å². The van der Waals surface area contributed by atoms with Crippen LogP contribution in [0.15, 0.2) is 41.6 Å². The number of thioether (sulfide) groups is 1. The van der Waals surface area contributed by atoms with Gasteiger partial charge in [0.15, 0.2) is 0 Å². The third-order valence-electron chi connectivity index (χ3n) is 3.73. The fourth-order valence-corrected chi connectivity index (χ4v) is 3.50. The van der Waals surface area contributed by atoms with Gasteiger partial charge in [-0.05, 0) is 47.2 Å². The number of hydrogen-bond donors (Lipinski definition) is 1. The summed E-state index contributed by atoms with van der Waals surface area (Å²) in [5, 5.41) is 23.5. The molecule has 28 heavy (non-hydrogen) atoms. The van der Waals surface area contributed by atoms with Crippen molar-refractivity contribution in [2.24, 2.45) is 0 Å². The second-order valence-electron chi connectivity index (χ2n) is 5.90. The molecule has 7 nitrogen and oxygen atoms in total. The highest BCUT2D eigenvalue weighted by Crippen LogP contribution is 2.29. The molecule has 0 bridgehead atoms.